The third kappa shape index (κ3) is 4.67. The standard InChI is InChI=1S/C22H18ClN3O3S/c1-13-8-14(2)20(19(23)9-13)26(15(3)27)22-25-18(12-30-22)11-29-21(28)17-6-4-16(10-24)5-7-17/h4-9,12H,11H2,1-3H3. The fraction of sp³-hybridized carbons (Fsp3) is 0.182. The van der Waals surface area contributed by atoms with Crippen LogP contribution in [0.5, 0.6) is 0 Å². The van der Waals surface area contributed by atoms with E-state index in [-0.39, 0.29) is 12.5 Å². The maximum absolute atomic E-state index is 12.4. The molecule has 0 aliphatic heterocycles. The fourth-order valence-electron chi connectivity index (χ4n) is 2.95. The molecule has 3 aromatic rings. The van der Waals surface area contributed by atoms with E-state index in [0.717, 1.165) is 11.1 Å². The number of aromatic nitrogens is 1. The Labute approximate surface area is 183 Å². The summed E-state index contributed by atoms with van der Waals surface area (Å²) >= 11 is 7.68. The van der Waals surface area contributed by atoms with Crippen LogP contribution in [-0.4, -0.2) is 16.9 Å². The zero-order chi connectivity index (χ0) is 21.8. The molecule has 152 valence electrons. The van der Waals surface area contributed by atoms with Crippen LogP contribution in [0.1, 0.15) is 39.7 Å². The molecule has 0 fully saturated rings. The van der Waals surface area contributed by atoms with Gasteiger partial charge in [-0.3, -0.25) is 9.69 Å². The molecule has 0 aliphatic carbocycles. The van der Waals surface area contributed by atoms with E-state index in [4.69, 9.17) is 21.6 Å². The lowest BCUT2D eigenvalue weighted by Crippen LogP contribution is -2.24. The second-order valence-electron chi connectivity index (χ2n) is 6.65. The largest absolute Gasteiger partial charge is 0.456 e. The van der Waals surface area contributed by atoms with Crippen molar-refractivity contribution in [3.8, 4) is 6.07 Å². The highest BCUT2D eigenvalue weighted by Crippen LogP contribution is 2.37. The number of nitriles is 1. The van der Waals surface area contributed by atoms with Gasteiger partial charge in [0.05, 0.1) is 33.6 Å². The van der Waals surface area contributed by atoms with Crippen LogP contribution in [0, 0.1) is 25.2 Å². The molecule has 2 aromatic carbocycles. The lowest BCUT2D eigenvalue weighted by atomic mass is 10.1. The van der Waals surface area contributed by atoms with Gasteiger partial charge in [0, 0.05) is 12.3 Å². The molecule has 0 saturated heterocycles. The Balaban J connectivity index is 1.78. The molecular weight excluding hydrogens is 422 g/mol. The van der Waals surface area contributed by atoms with E-state index in [0.29, 0.717) is 32.7 Å². The molecule has 1 aromatic heterocycles. The molecule has 3 rings (SSSR count). The first kappa shape index (κ1) is 21.5. The Morgan fingerprint density at radius 3 is 2.53 bits per heavy atom. The Hall–Kier alpha value is -3.21. The topological polar surface area (TPSA) is 83.3 Å². The second kappa shape index (κ2) is 9.08. The number of aryl methyl sites for hydroxylation is 2. The summed E-state index contributed by atoms with van der Waals surface area (Å²) in [4.78, 5) is 30.5. The van der Waals surface area contributed by atoms with Crippen molar-refractivity contribution in [3.63, 3.8) is 0 Å². The molecule has 30 heavy (non-hydrogen) atoms. The van der Waals surface area contributed by atoms with Crippen molar-refractivity contribution in [1.82, 2.24) is 4.98 Å². The summed E-state index contributed by atoms with van der Waals surface area (Å²) < 4.78 is 5.30. The van der Waals surface area contributed by atoms with E-state index in [2.05, 4.69) is 4.98 Å². The number of hydrogen-bond acceptors (Lipinski definition) is 6. The number of nitrogens with zero attached hydrogens (tertiary/aromatic N) is 3. The summed E-state index contributed by atoms with van der Waals surface area (Å²) in [5, 5.41) is 11.5. The van der Waals surface area contributed by atoms with Gasteiger partial charge < -0.3 is 4.74 Å². The van der Waals surface area contributed by atoms with E-state index in [9.17, 15) is 9.59 Å². The van der Waals surface area contributed by atoms with Crippen molar-refractivity contribution in [2.24, 2.45) is 0 Å². The van der Waals surface area contributed by atoms with Crippen LogP contribution in [0.25, 0.3) is 0 Å². The molecule has 0 radical (unpaired) electrons. The molecule has 0 aliphatic rings. The first-order valence-electron chi connectivity index (χ1n) is 8.99. The molecule has 6 nitrogen and oxygen atoms in total. The van der Waals surface area contributed by atoms with Gasteiger partial charge in [0.25, 0.3) is 0 Å². The number of halogens is 1. The Morgan fingerprint density at radius 1 is 1.23 bits per heavy atom. The van der Waals surface area contributed by atoms with Crippen molar-refractivity contribution in [1.29, 1.82) is 5.26 Å². The SMILES string of the molecule is CC(=O)N(c1nc(COC(=O)c2ccc(C#N)cc2)cs1)c1c(C)cc(C)cc1Cl. The van der Waals surface area contributed by atoms with Gasteiger partial charge in [-0.2, -0.15) is 5.26 Å². The molecular formula is C22H18ClN3O3S. The molecule has 0 unspecified atom stereocenters. The third-order valence-corrected chi connectivity index (χ3v) is 5.43. The van der Waals surface area contributed by atoms with E-state index in [1.54, 1.807) is 23.6 Å². The monoisotopic (exact) mass is 439 g/mol. The fourth-order valence-corrected chi connectivity index (χ4v) is 4.21. The van der Waals surface area contributed by atoms with Crippen LogP contribution in [-0.2, 0) is 16.1 Å². The molecule has 8 heteroatoms. The van der Waals surface area contributed by atoms with Gasteiger partial charge in [0.2, 0.25) is 5.91 Å². The average molecular weight is 440 g/mol. The zero-order valence-electron chi connectivity index (χ0n) is 16.6. The number of esters is 1. The van der Waals surface area contributed by atoms with Crippen molar-refractivity contribution in [3.05, 3.63) is 74.7 Å². The van der Waals surface area contributed by atoms with Crippen LogP contribution in [0.3, 0.4) is 0 Å². The predicted octanol–water partition coefficient (Wildman–Crippen LogP) is 5.33. The van der Waals surface area contributed by atoms with Crippen LogP contribution in [0.15, 0.2) is 41.8 Å². The quantitative estimate of drug-likeness (QED) is 0.502. The molecule has 1 heterocycles. The number of carbonyl (C=O) groups is 2. The Kier molecular flexibility index (Phi) is 6.50. The number of amides is 1. The second-order valence-corrected chi connectivity index (χ2v) is 7.90. The van der Waals surface area contributed by atoms with E-state index in [1.165, 1.54) is 35.3 Å². The highest BCUT2D eigenvalue weighted by Gasteiger charge is 2.23. The average Bonchev–Trinajstić information content (AvgIpc) is 3.16. The van der Waals surface area contributed by atoms with E-state index < -0.39 is 5.97 Å². The summed E-state index contributed by atoms with van der Waals surface area (Å²) in [6.07, 6.45) is 0. The van der Waals surface area contributed by atoms with Crippen LogP contribution in [0.4, 0.5) is 10.8 Å². The van der Waals surface area contributed by atoms with Gasteiger partial charge in [0.15, 0.2) is 5.13 Å². The number of rotatable bonds is 5. The normalized spacial score (nSPS) is 10.4. The number of benzene rings is 2. The molecule has 0 bridgehead atoms. The summed E-state index contributed by atoms with van der Waals surface area (Å²) in [5.41, 5.74) is 3.77. The summed E-state index contributed by atoms with van der Waals surface area (Å²) in [5.74, 6) is -0.741. The smallest absolute Gasteiger partial charge is 0.338 e. The minimum absolute atomic E-state index is 0.0400. The minimum Gasteiger partial charge on any atom is -0.456 e. The number of hydrogen-bond donors (Lipinski definition) is 0. The molecule has 0 atom stereocenters. The van der Waals surface area contributed by atoms with Gasteiger partial charge in [-0.15, -0.1) is 11.3 Å². The van der Waals surface area contributed by atoms with Gasteiger partial charge in [-0.25, -0.2) is 9.78 Å². The lowest BCUT2D eigenvalue weighted by molar-refractivity contribution is -0.115. The predicted molar refractivity (Wildman–Crippen MR) is 116 cm³/mol. The summed E-state index contributed by atoms with van der Waals surface area (Å²) in [6.45, 7) is 5.23. The zero-order valence-corrected chi connectivity index (χ0v) is 18.2. The van der Waals surface area contributed by atoms with Gasteiger partial charge in [0.1, 0.15) is 6.61 Å². The lowest BCUT2D eigenvalue weighted by Gasteiger charge is -2.22. The van der Waals surface area contributed by atoms with Crippen molar-refractivity contribution >= 4 is 45.6 Å². The minimum atomic E-state index is -0.519. The number of thiazole rings is 1. The third-order valence-electron chi connectivity index (χ3n) is 4.27. The maximum atomic E-state index is 12.4. The highest BCUT2D eigenvalue weighted by atomic mass is 35.5. The van der Waals surface area contributed by atoms with Gasteiger partial charge >= 0.3 is 5.97 Å². The maximum Gasteiger partial charge on any atom is 0.338 e. The first-order chi connectivity index (χ1) is 14.3. The van der Waals surface area contributed by atoms with E-state index in [1.807, 2.05) is 26.0 Å². The Bertz CT molecular complexity index is 1130. The highest BCUT2D eigenvalue weighted by molar-refractivity contribution is 7.14. The molecule has 0 saturated carbocycles. The first-order valence-corrected chi connectivity index (χ1v) is 10.2. The molecule has 0 N–H and O–H groups in total. The van der Waals surface area contributed by atoms with Crippen LogP contribution in [0.2, 0.25) is 5.02 Å². The van der Waals surface area contributed by atoms with Gasteiger partial charge in [-0.1, -0.05) is 17.7 Å². The molecule has 1 amide bonds. The van der Waals surface area contributed by atoms with Crippen molar-refractivity contribution in [2.75, 3.05) is 4.90 Å². The number of ether oxygens (including phenoxy) is 1. The van der Waals surface area contributed by atoms with E-state index >= 15 is 0 Å². The Morgan fingerprint density at radius 2 is 1.93 bits per heavy atom. The van der Waals surface area contributed by atoms with Crippen molar-refractivity contribution in [2.45, 2.75) is 27.4 Å². The summed E-state index contributed by atoms with van der Waals surface area (Å²) in [6, 6.07) is 11.9. The summed E-state index contributed by atoms with van der Waals surface area (Å²) in [7, 11) is 0. The van der Waals surface area contributed by atoms with Crippen LogP contribution >= 0.6 is 22.9 Å². The molecule has 0 spiro atoms. The van der Waals surface area contributed by atoms with Crippen LogP contribution < -0.4 is 4.90 Å². The number of anilines is 2. The van der Waals surface area contributed by atoms with Gasteiger partial charge in [-0.05, 0) is 55.3 Å². The number of carbonyl (C=O) groups excluding carboxylic acids is 2. The van der Waals surface area contributed by atoms with Crippen molar-refractivity contribution < 1.29 is 14.3 Å².